The van der Waals surface area contributed by atoms with Crippen LogP contribution in [-0.4, -0.2) is 33.4 Å². The van der Waals surface area contributed by atoms with Crippen molar-refractivity contribution in [3.05, 3.63) is 59.9 Å². The Morgan fingerprint density at radius 3 is 2.35 bits per heavy atom. The highest BCUT2D eigenvalue weighted by molar-refractivity contribution is 7.92. The molecule has 0 radical (unpaired) electrons. The zero-order valence-electron chi connectivity index (χ0n) is 12.6. The minimum absolute atomic E-state index is 0.0618. The summed E-state index contributed by atoms with van der Waals surface area (Å²) in [5, 5.41) is 1.46. The Hall–Kier alpha value is -2.45. The first-order chi connectivity index (χ1) is 10.8. The summed E-state index contributed by atoms with van der Waals surface area (Å²) in [5.41, 5.74) is 2.97. The molecule has 0 aliphatic heterocycles. The second-order valence-corrected chi connectivity index (χ2v) is 6.66. The van der Waals surface area contributed by atoms with Gasteiger partial charge < -0.3 is 0 Å². The molecule has 0 spiro atoms. The van der Waals surface area contributed by atoms with E-state index in [0.29, 0.717) is 0 Å². The molecule has 0 aliphatic rings. The Labute approximate surface area is 134 Å². The van der Waals surface area contributed by atoms with Crippen molar-refractivity contribution >= 4 is 21.6 Å². The Morgan fingerprint density at radius 1 is 1.09 bits per heavy atom. The number of hydrazine groups is 1. The summed E-state index contributed by atoms with van der Waals surface area (Å²) in [6, 6.07) is 10.6. The highest BCUT2D eigenvalue weighted by Gasteiger charge is 2.16. The van der Waals surface area contributed by atoms with Gasteiger partial charge in [0.2, 0.25) is 0 Å². The number of halogens is 1. The van der Waals surface area contributed by atoms with Crippen LogP contribution in [0.2, 0.25) is 0 Å². The molecule has 2 N–H and O–H groups in total. The van der Waals surface area contributed by atoms with Gasteiger partial charge in [0.15, 0.2) is 0 Å². The smallest absolute Gasteiger partial charge is 0.265 e. The number of nitrogens with one attached hydrogen (secondary N) is 2. The van der Waals surface area contributed by atoms with Crippen LogP contribution in [0.3, 0.4) is 0 Å². The van der Waals surface area contributed by atoms with E-state index in [9.17, 15) is 17.6 Å². The first kappa shape index (κ1) is 16.9. The number of nitrogens with zero attached hydrogens (tertiary/aromatic N) is 1. The molecule has 23 heavy (non-hydrogen) atoms. The fourth-order valence-electron chi connectivity index (χ4n) is 1.80. The van der Waals surface area contributed by atoms with E-state index in [1.165, 1.54) is 41.4 Å². The van der Waals surface area contributed by atoms with Gasteiger partial charge in [0.25, 0.3) is 15.9 Å². The van der Waals surface area contributed by atoms with Crippen molar-refractivity contribution in [3.63, 3.8) is 0 Å². The molecule has 0 saturated heterocycles. The van der Waals surface area contributed by atoms with E-state index in [4.69, 9.17) is 0 Å². The Morgan fingerprint density at radius 2 is 1.74 bits per heavy atom. The summed E-state index contributed by atoms with van der Waals surface area (Å²) in [6.07, 6.45) is 0. The molecule has 0 heterocycles. The van der Waals surface area contributed by atoms with Crippen molar-refractivity contribution in [2.75, 3.05) is 18.8 Å². The summed E-state index contributed by atoms with van der Waals surface area (Å²) in [5.74, 6) is -0.885. The summed E-state index contributed by atoms with van der Waals surface area (Å²) in [7, 11) is -0.582. The summed E-state index contributed by atoms with van der Waals surface area (Å²) in [6.45, 7) is 0. The predicted octanol–water partition coefficient (Wildman–Crippen LogP) is 1.83. The monoisotopic (exact) mass is 337 g/mol. The number of rotatable bonds is 5. The molecule has 0 atom stereocenters. The second-order valence-electron chi connectivity index (χ2n) is 4.98. The number of anilines is 1. The van der Waals surface area contributed by atoms with Crippen molar-refractivity contribution in [2.45, 2.75) is 4.90 Å². The molecular formula is C15H16FN3O3S. The van der Waals surface area contributed by atoms with Gasteiger partial charge in [-0.3, -0.25) is 14.9 Å². The van der Waals surface area contributed by atoms with Gasteiger partial charge >= 0.3 is 0 Å². The molecular weight excluding hydrogens is 321 g/mol. The third-order valence-electron chi connectivity index (χ3n) is 2.83. The molecule has 2 aromatic rings. The molecule has 0 unspecified atom stereocenters. The maximum Gasteiger partial charge on any atom is 0.265 e. The minimum atomic E-state index is -3.88. The molecule has 0 bridgehead atoms. The van der Waals surface area contributed by atoms with Crippen LogP contribution in [0, 0.1) is 5.82 Å². The number of hydrogen-bond donors (Lipinski definition) is 2. The zero-order chi connectivity index (χ0) is 17.0. The van der Waals surface area contributed by atoms with Gasteiger partial charge in [-0.1, -0.05) is 6.07 Å². The third kappa shape index (κ3) is 4.51. The number of carbonyl (C=O) groups excluding carboxylic acids is 1. The fourth-order valence-corrected chi connectivity index (χ4v) is 2.91. The number of hydrogen-bond acceptors (Lipinski definition) is 4. The minimum Gasteiger partial charge on any atom is -0.285 e. The van der Waals surface area contributed by atoms with Gasteiger partial charge in [-0.05, 0) is 42.5 Å². The average Bonchev–Trinajstić information content (AvgIpc) is 2.49. The van der Waals surface area contributed by atoms with Crippen molar-refractivity contribution < 1.29 is 17.6 Å². The molecule has 2 rings (SSSR count). The lowest BCUT2D eigenvalue weighted by Gasteiger charge is -2.13. The van der Waals surface area contributed by atoms with Crippen molar-refractivity contribution in [3.8, 4) is 0 Å². The average molecular weight is 337 g/mol. The van der Waals surface area contributed by atoms with E-state index >= 15 is 0 Å². The Balaban J connectivity index is 2.26. The van der Waals surface area contributed by atoms with Gasteiger partial charge in [0, 0.05) is 25.3 Å². The van der Waals surface area contributed by atoms with Crippen LogP contribution in [-0.2, 0) is 10.0 Å². The first-order valence-corrected chi connectivity index (χ1v) is 8.13. The number of amides is 1. The third-order valence-corrected chi connectivity index (χ3v) is 4.21. The lowest BCUT2D eigenvalue weighted by molar-refractivity contribution is 0.0856. The normalized spacial score (nSPS) is 11.3. The molecule has 122 valence electrons. The van der Waals surface area contributed by atoms with Crippen LogP contribution in [0.4, 0.5) is 10.1 Å². The van der Waals surface area contributed by atoms with Crippen molar-refractivity contribution in [2.24, 2.45) is 0 Å². The van der Waals surface area contributed by atoms with Gasteiger partial charge in [0.1, 0.15) is 5.82 Å². The maximum atomic E-state index is 12.9. The quantitative estimate of drug-likeness (QED) is 0.816. The standard InChI is InChI=1S/C15H16FN3O3S/c1-19(2)17-15(20)11-4-3-5-14(10-11)23(21,22)18-13-8-6-12(16)7-9-13/h3-10,18H,1-2H3,(H,17,20). The molecule has 6 nitrogen and oxygen atoms in total. The van der Waals surface area contributed by atoms with E-state index < -0.39 is 21.7 Å². The molecule has 1 amide bonds. The molecule has 0 aliphatic carbocycles. The summed E-state index contributed by atoms with van der Waals surface area (Å²) in [4.78, 5) is 11.9. The first-order valence-electron chi connectivity index (χ1n) is 6.65. The molecule has 8 heteroatoms. The van der Waals surface area contributed by atoms with Crippen LogP contribution in [0.1, 0.15) is 10.4 Å². The van der Waals surface area contributed by atoms with Gasteiger partial charge in [0.05, 0.1) is 4.90 Å². The van der Waals surface area contributed by atoms with Crippen LogP contribution in [0.15, 0.2) is 53.4 Å². The van der Waals surface area contributed by atoms with Crippen LogP contribution >= 0.6 is 0 Å². The molecule has 0 fully saturated rings. The number of carbonyl (C=O) groups is 1. The lowest BCUT2D eigenvalue weighted by atomic mass is 10.2. The molecule has 0 aromatic heterocycles. The highest BCUT2D eigenvalue weighted by atomic mass is 32.2. The topological polar surface area (TPSA) is 78.5 Å². The fraction of sp³-hybridized carbons (Fsp3) is 0.133. The zero-order valence-corrected chi connectivity index (χ0v) is 13.4. The van der Waals surface area contributed by atoms with E-state index in [1.54, 1.807) is 14.1 Å². The van der Waals surface area contributed by atoms with Crippen molar-refractivity contribution in [1.82, 2.24) is 10.4 Å². The van der Waals surface area contributed by atoms with E-state index in [2.05, 4.69) is 10.1 Å². The van der Waals surface area contributed by atoms with Crippen LogP contribution < -0.4 is 10.1 Å². The van der Waals surface area contributed by atoms with Gasteiger partial charge in [-0.15, -0.1) is 0 Å². The SMILES string of the molecule is CN(C)NC(=O)c1cccc(S(=O)(=O)Nc2ccc(F)cc2)c1. The van der Waals surface area contributed by atoms with Crippen LogP contribution in [0.5, 0.6) is 0 Å². The van der Waals surface area contributed by atoms with Gasteiger partial charge in [-0.25, -0.2) is 17.8 Å². The van der Waals surface area contributed by atoms with E-state index in [0.717, 1.165) is 12.1 Å². The largest absolute Gasteiger partial charge is 0.285 e. The van der Waals surface area contributed by atoms with Crippen molar-refractivity contribution in [1.29, 1.82) is 0 Å². The summed E-state index contributed by atoms with van der Waals surface area (Å²) < 4.78 is 39.9. The number of benzene rings is 2. The number of sulfonamides is 1. The van der Waals surface area contributed by atoms with Crippen LogP contribution in [0.25, 0.3) is 0 Å². The molecule has 0 saturated carbocycles. The maximum absolute atomic E-state index is 12.9. The second kappa shape index (κ2) is 6.76. The van der Waals surface area contributed by atoms with E-state index in [1.807, 2.05) is 0 Å². The highest BCUT2D eigenvalue weighted by Crippen LogP contribution is 2.17. The Kier molecular flexibility index (Phi) is 4.97. The van der Waals surface area contributed by atoms with Gasteiger partial charge in [-0.2, -0.15) is 0 Å². The molecule has 2 aromatic carbocycles. The Bertz CT molecular complexity index is 805. The lowest BCUT2D eigenvalue weighted by Crippen LogP contribution is -2.36. The van der Waals surface area contributed by atoms with E-state index in [-0.39, 0.29) is 16.1 Å². The predicted molar refractivity (Wildman–Crippen MR) is 84.8 cm³/mol. The summed E-state index contributed by atoms with van der Waals surface area (Å²) >= 11 is 0.